The highest BCUT2D eigenvalue weighted by atomic mass is 32.2. The van der Waals surface area contributed by atoms with E-state index >= 15 is 0 Å². The molecular formula is C15H20N2O5S2. The number of aliphatic hydroxyl groups is 1. The number of thiazole rings is 1. The first-order valence-electron chi connectivity index (χ1n) is 7.20. The van der Waals surface area contributed by atoms with Crippen LogP contribution in [0.15, 0.2) is 40.7 Å². The second-order valence-electron chi connectivity index (χ2n) is 5.39. The molecule has 1 aromatic heterocycles. The van der Waals surface area contributed by atoms with Crippen LogP contribution in [-0.4, -0.2) is 38.3 Å². The molecule has 132 valence electrons. The van der Waals surface area contributed by atoms with E-state index in [0.29, 0.717) is 19.8 Å². The summed E-state index contributed by atoms with van der Waals surface area (Å²) in [5.74, 6) is 0. The fraction of sp³-hybridized carbons (Fsp3) is 0.400. The summed E-state index contributed by atoms with van der Waals surface area (Å²) in [5, 5.41) is 15.6. The lowest BCUT2D eigenvalue weighted by atomic mass is 10.1. The highest BCUT2D eigenvalue weighted by Gasteiger charge is 2.29. The molecule has 0 bridgehead atoms. The van der Waals surface area contributed by atoms with Crippen LogP contribution in [0, 0.1) is 0 Å². The molecule has 1 atom stereocenters. The zero-order valence-corrected chi connectivity index (χ0v) is 14.8. The van der Waals surface area contributed by atoms with Gasteiger partial charge < -0.3 is 14.6 Å². The molecule has 0 fully saturated rings. The van der Waals surface area contributed by atoms with Crippen LogP contribution in [0.1, 0.15) is 17.5 Å². The molecule has 0 aliphatic carbocycles. The Morgan fingerprint density at radius 1 is 1.25 bits per heavy atom. The Balaban J connectivity index is 1.73. The third-order valence-corrected chi connectivity index (χ3v) is 5.75. The third kappa shape index (κ3) is 5.62. The van der Waals surface area contributed by atoms with Gasteiger partial charge in [0.2, 0.25) is 10.0 Å². The van der Waals surface area contributed by atoms with Gasteiger partial charge in [-0.25, -0.2) is 18.5 Å². The van der Waals surface area contributed by atoms with Crippen molar-refractivity contribution in [2.24, 2.45) is 5.14 Å². The van der Waals surface area contributed by atoms with Crippen molar-refractivity contribution in [2.75, 3.05) is 19.8 Å². The first-order valence-corrected chi connectivity index (χ1v) is 9.56. The summed E-state index contributed by atoms with van der Waals surface area (Å²) in [6, 6.07) is 9.76. The molecule has 0 saturated heterocycles. The van der Waals surface area contributed by atoms with Gasteiger partial charge in [0, 0.05) is 0 Å². The minimum Gasteiger partial charge on any atom is -0.381 e. The number of benzene rings is 1. The van der Waals surface area contributed by atoms with E-state index in [4.69, 9.17) is 14.6 Å². The van der Waals surface area contributed by atoms with Gasteiger partial charge in [0.25, 0.3) is 0 Å². The van der Waals surface area contributed by atoms with Gasteiger partial charge in [-0.3, -0.25) is 0 Å². The lowest BCUT2D eigenvalue weighted by Crippen LogP contribution is -2.28. The van der Waals surface area contributed by atoms with E-state index in [-0.39, 0.29) is 15.8 Å². The van der Waals surface area contributed by atoms with Crippen molar-refractivity contribution in [1.29, 1.82) is 0 Å². The Hall–Kier alpha value is -1.36. The quantitative estimate of drug-likeness (QED) is 0.640. The van der Waals surface area contributed by atoms with Crippen LogP contribution in [-0.2, 0) is 31.7 Å². The van der Waals surface area contributed by atoms with Crippen LogP contribution in [0.4, 0.5) is 0 Å². The maximum absolute atomic E-state index is 11.2. The van der Waals surface area contributed by atoms with Crippen LogP contribution < -0.4 is 5.14 Å². The Labute approximate surface area is 145 Å². The highest BCUT2D eigenvalue weighted by molar-refractivity contribution is 7.91. The number of nitrogens with two attached hydrogens (primary N) is 1. The molecule has 24 heavy (non-hydrogen) atoms. The van der Waals surface area contributed by atoms with Gasteiger partial charge in [0.15, 0.2) is 4.21 Å². The summed E-state index contributed by atoms with van der Waals surface area (Å²) in [4.78, 5) is 3.91. The minimum absolute atomic E-state index is 0.0285. The van der Waals surface area contributed by atoms with Crippen molar-refractivity contribution in [2.45, 2.75) is 23.3 Å². The zero-order chi connectivity index (χ0) is 17.6. The van der Waals surface area contributed by atoms with Crippen molar-refractivity contribution >= 4 is 21.4 Å². The number of sulfonamides is 1. The Kier molecular flexibility index (Phi) is 6.44. The summed E-state index contributed by atoms with van der Waals surface area (Å²) >= 11 is 0.827. The first kappa shape index (κ1) is 19.0. The maximum Gasteiger partial charge on any atom is 0.249 e. The summed E-state index contributed by atoms with van der Waals surface area (Å²) in [6.45, 7) is 2.65. The van der Waals surface area contributed by atoms with Crippen molar-refractivity contribution in [3.63, 3.8) is 0 Å². The SMILES string of the molecule is CC(O)(COCCOCc1ccccc1)c1ncc(S(N)(=O)=O)s1. The van der Waals surface area contributed by atoms with E-state index in [1.54, 1.807) is 0 Å². The van der Waals surface area contributed by atoms with Gasteiger partial charge in [-0.15, -0.1) is 11.3 Å². The molecule has 2 aromatic rings. The number of rotatable bonds is 9. The largest absolute Gasteiger partial charge is 0.381 e. The minimum atomic E-state index is -3.82. The van der Waals surface area contributed by atoms with Crippen molar-refractivity contribution in [1.82, 2.24) is 4.98 Å². The van der Waals surface area contributed by atoms with Gasteiger partial charge in [-0.1, -0.05) is 30.3 Å². The molecular weight excluding hydrogens is 352 g/mol. The standard InChI is InChI=1S/C15H20N2O5S2/c1-15(18,14-17-9-13(23-14)24(16,19)20)11-22-8-7-21-10-12-5-3-2-4-6-12/h2-6,9,18H,7-8,10-11H2,1H3,(H2,16,19,20). The number of hydrogen-bond acceptors (Lipinski definition) is 7. The molecule has 2 rings (SSSR count). The lowest BCUT2D eigenvalue weighted by Gasteiger charge is -2.20. The van der Waals surface area contributed by atoms with Crippen molar-refractivity contribution in [3.8, 4) is 0 Å². The normalized spacial score (nSPS) is 14.5. The number of hydrogen-bond donors (Lipinski definition) is 2. The summed E-state index contributed by atoms with van der Waals surface area (Å²) < 4.78 is 33.3. The van der Waals surface area contributed by atoms with Crippen LogP contribution >= 0.6 is 11.3 Å². The third-order valence-electron chi connectivity index (χ3n) is 3.09. The molecule has 3 N–H and O–H groups in total. The summed E-state index contributed by atoms with van der Waals surface area (Å²) in [7, 11) is -3.82. The highest BCUT2D eigenvalue weighted by Crippen LogP contribution is 2.27. The fourth-order valence-electron chi connectivity index (χ4n) is 1.85. The van der Waals surface area contributed by atoms with E-state index in [1.165, 1.54) is 6.92 Å². The molecule has 1 heterocycles. The van der Waals surface area contributed by atoms with Gasteiger partial charge in [0.1, 0.15) is 10.6 Å². The first-order chi connectivity index (χ1) is 11.3. The molecule has 7 nitrogen and oxygen atoms in total. The fourth-order valence-corrected chi connectivity index (χ4v) is 3.44. The van der Waals surface area contributed by atoms with Gasteiger partial charge in [-0.05, 0) is 12.5 Å². The maximum atomic E-state index is 11.2. The Morgan fingerprint density at radius 2 is 1.92 bits per heavy atom. The monoisotopic (exact) mass is 372 g/mol. The topological polar surface area (TPSA) is 112 Å². The van der Waals surface area contributed by atoms with E-state index in [9.17, 15) is 13.5 Å². The molecule has 9 heteroatoms. The average molecular weight is 372 g/mol. The predicted octanol–water partition coefficient (Wildman–Crippen LogP) is 1.23. The molecule has 1 aromatic carbocycles. The Morgan fingerprint density at radius 3 is 2.54 bits per heavy atom. The number of primary sulfonamides is 1. The lowest BCUT2D eigenvalue weighted by molar-refractivity contribution is -0.0528. The number of nitrogens with zero attached hydrogens (tertiary/aromatic N) is 1. The molecule has 0 amide bonds. The van der Waals surface area contributed by atoms with E-state index < -0.39 is 15.6 Å². The Bertz CT molecular complexity index is 744. The van der Waals surface area contributed by atoms with Crippen molar-refractivity contribution < 1.29 is 23.0 Å². The molecule has 0 saturated carbocycles. The van der Waals surface area contributed by atoms with E-state index in [1.807, 2.05) is 30.3 Å². The predicted molar refractivity (Wildman–Crippen MR) is 90.0 cm³/mol. The van der Waals surface area contributed by atoms with Crippen LogP contribution in [0.2, 0.25) is 0 Å². The van der Waals surface area contributed by atoms with Gasteiger partial charge in [0.05, 0.1) is 32.6 Å². The van der Waals surface area contributed by atoms with E-state index in [2.05, 4.69) is 4.98 Å². The van der Waals surface area contributed by atoms with Gasteiger partial charge >= 0.3 is 0 Å². The van der Waals surface area contributed by atoms with Crippen LogP contribution in [0.25, 0.3) is 0 Å². The average Bonchev–Trinajstić information content (AvgIpc) is 3.03. The second-order valence-corrected chi connectivity index (χ2v) is 8.21. The van der Waals surface area contributed by atoms with Crippen LogP contribution in [0.5, 0.6) is 0 Å². The summed E-state index contributed by atoms with van der Waals surface area (Å²) in [6.07, 6.45) is 1.13. The smallest absolute Gasteiger partial charge is 0.249 e. The van der Waals surface area contributed by atoms with E-state index in [0.717, 1.165) is 23.1 Å². The van der Waals surface area contributed by atoms with Gasteiger partial charge in [-0.2, -0.15) is 0 Å². The molecule has 0 spiro atoms. The molecule has 0 radical (unpaired) electrons. The van der Waals surface area contributed by atoms with Crippen LogP contribution in [0.3, 0.4) is 0 Å². The number of ether oxygens (including phenoxy) is 2. The second kappa shape index (κ2) is 8.15. The summed E-state index contributed by atoms with van der Waals surface area (Å²) in [5.41, 5.74) is -0.324. The molecule has 0 aliphatic heterocycles. The molecule has 1 unspecified atom stereocenters. The van der Waals surface area contributed by atoms with Crippen molar-refractivity contribution in [3.05, 3.63) is 47.1 Å². The zero-order valence-electron chi connectivity index (χ0n) is 13.2. The number of aromatic nitrogens is 1. The molecule has 0 aliphatic rings.